The van der Waals surface area contributed by atoms with Gasteiger partial charge < -0.3 is 10.2 Å². The van der Waals surface area contributed by atoms with E-state index in [0.717, 1.165) is 13.4 Å². The summed E-state index contributed by atoms with van der Waals surface area (Å²) in [5.41, 5.74) is 1.13. The van der Waals surface area contributed by atoms with Crippen LogP contribution >= 0.6 is 22.6 Å². The molecule has 4 aromatic rings. The molecule has 0 aromatic heterocycles. The van der Waals surface area contributed by atoms with E-state index in [1.165, 1.54) is 29.2 Å². The molecule has 1 N–H and O–H groups in total. The highest BCUT2D eigenvalue weighted by Gasteiger charge is 2.35. The highest BCUT2D eigenvalue weighted by atomic mass is 127. The molecule has 0 aliphatic carbocycles. The van der Waals surface area contributed by atoms with Crippen LogP contribution in [0.15, 0.2) is 114 Å². The third-order valence-corrected chi connectivity index (χ3v) is 9.27. The van der Waals surface area contributed by atoms with Crippen molar-refractivity contribution in [3.63, 3.8) is 0 Å². The van der Waals surface area contributed by atoms with Crippen molar-refractivity contribution >= 4 is 50.1 Å². The Bertz CT molecular complexity index is 1660. The molecular formula is C34H35FIN3O4S. The number of hydrogen-bond donors (Lipinski definition) is 1. The topological polar surface area (TPSA) is 86.8 Å². The number of halogens is 2. The van der Waals surface area contributed by atoms with Crippen molar-refractivity contribution in [2.75, 3.05) is 10.8 Å². The summed E-state index contributed by atoms with van der Waals surface area (Å²) in [6.45, 7) is 4.94. The van der Waals surface area contributed by atoms with E-state index in [4.69, 9.17) is 0 Å². The molecular weight excluding hydrogens is 692 g/mol. The first-order valence-electron chi connectivity index (χ1n) is 14.1. The van der Waals surface area contributed by atoms with E-state index in [2.05, 4.69) is 27.9 Å². The molecule has 1 atom stereocenters. The van der Waals surface area contributed by atoms with Crippen LogP contribution in [-0.2, 0) is 32.6 Å². The van der Waals surface area contributed by atoms with Crippen LogP contribution in [-0.4, -0.2) is 43.3 Å². The van der Waals surface area contributed by atoms with Gasteiger partial charge in [-0.1, -0.05) is 60.7 Å². The van der Waals surface area contributed by atoms with Gasteiger partial charge in [-0.3, -0.25) is 13.9 Å². The first-order valence-corrected chi connectivity index (χ1v) is 16.6. The Morgan fingerprint density at radius 1 is 0.818 bits per heavy atom. The molecule has 0 bridgehead atoms. The molecule has 0 radical (unpaired) electrons. The van der Waals surface area contributed by atoms with E-state index in [-0.39, 0.29) is 23.8 Å². The first kappa shape index (κ1) is 33.1. The lowest BCUT2D eigenvalue weighted by molar-refractivity contribution is -0.140. The SMILES string of the molecule is CC(C)(C)NC(=O)C(Cc1ccccc1)N(Cc1ccc(F)cc1)C(=O)CN(c1ccc(I)cc1)S(=O)(=O)c1ccccc1. The maximum Gasteiger partial charge on any atom is 0.264 e. The van der Waals surface area contributed by atoms with Crippen LogP contribution in [0.3, 0.4) is 0 Å². The molecule has 2 amide bonds. The molecule has 1 unspecified atom stereocenters. The molecule has 4 rings (SSSR count). The van der Waals surface area contributed by atoms with Gasteiger partial charge in [0.1, 0.15) is 18.4 Å². The highest BCUT2D eigenvalue weighted by Crippen LogP contribution is 2.26. The number of carbonyl (C=O) groups is 2. The Morgan fingerprint density at radius 3 is 1.95 bits per heavy atom. The van der Waals surface area contributed by atoms with Gasteiger partial charge >= 0.3 is 0 Å². The number of anilines is 1. The second kappa shape index (κ2) is 14.3. The monoisotopic (exact) mass is 727 g/mol. The molecule has 0 saturated carbocycles. The Hall–Kier alpha value is -3.77. The molecule has 0 heterocycles. The standard InChI is InChI=1S/C34H35FIN3O4S/c1-34(2,3)37-33(41)31(22-25-10-6-4-7-11-25)38(23-26-14-16-27(35)17-15-26)32(40)24-39(29-20-18-28(36)19-21-29)44(42,43)30-12-8-5-9-13-30/h4-21,31H,22-24H2,1-3H3,(H,37,41). The summed E-state index contributed by atoms with van der Waals surface area (Å²) in [6.07, 6.45) is 0.185. The van der Waals surface area contributed by atoms with Crippen molar-refractivity contribution in [3.05, 3.63) is 130 Å². The number of sulfonamides is 1. The van der Waals surface area contributed by atoms with Crippen molar-refractivity contribution < 1.29 is 22.4 Å². The van der Waals surface area contributed by atoms with Gasteiger partial charge in [0, 0.05) is 22.1 Å². The van der Waals surface area contributed by atoms with Crippen LogP contribution < -0.4 is 9.62 Å². The van der Waals surface area contributed by atoms with Crippen molar-refractivity contribution in [1.82, 2.24) is 10.2 Å². The fourth-order valence-corrected chi connectivity index (χ4v) is 6.44. The Kier molecular flexibility index (Phi) is 10.8. The summed E-state index contributed by atoms with van der Waals surface area (Å²) in [7, 11) is -4.17. The van der Waals surface area contributed by atoms with Gasteiger partial charge in [-0.15, -0.1) is 0 Å². The van der Waals surface area contributed by atoms with Crippen LogP contribution in [0.25, 0.3) is 0 Å². The number of carbonyl (C=O) groups excluding carboxylic acids is 2. The minimum absolute atomic E-state index is 0.0303. The molecule has 0 fully saturated rings. The number of nitrogens with zero attached hydrogens (tertiary/aromatic N) is 2. The summed E-state index contributed by atoms with van der Waals surface area (Å²) >= 11 is 2.13. The van der Waals surface area contributed by atoms with E-state index in [1.54, 1.807) is 54.6 Å². The van der Waals surface area contributed by atoms with Crippen molar-refractivity contribution in [2.24, 2.45) is 0 Å². The van der Waals surface area contributed by atoms with Crippen LogP contribution in [0.4, 0.5) is 10.1 Å². The zero-order valence-corrected chi connectivity index (χ0v) is 27.8. The average molecular weight is 728 g/mol. The second-order valence-electron chi connectivity index (χ2n) is 11.4. The number of nitrogens with one attached hydrogen (secondary N) is 1. The second-order valence-corrected chi connectivity index (χ2v) is 14.5. The maximum atomic E-state index is 14.4. The summed E-state index contributed by atoms with van der Waals surface area (Å²) in [5, 5.41) is 2.99. The van der Waals surface area contributed by atoms with Crippen LogP contribution in [0, 0.1) is 9.39 Å². The lowest BCUT2D eigenvalue weighted by Gasteiger charge is -2.35. The Morgan fingerprint density at radius 2 is 1.39 bits per heavy atom. The molecule has 44 heavy (non-hydrogen) atoms. The van der Waals surface area contributed by atoms with Crippen molar-refractivity contribution in [2.45, 2.75) is 50.2 Å². The predicted octanol–water partition coefficient (Wildman–Crippen LogP) is 6.18. The van der Waals surface area contributed by atoms with Crippen LogP contribution in [0.2, 0.25) is 0 Å². The van der Waals surface area contributed by atoms with Gasteiger partial charge in [-0.2, -0.15) is 0 Å². The predicted molar refractivity (Wildman–Crippen MR) is 179 cm³/mol. The summed E-state index contributed by atoms with van der Waals surface area (Å²) in [6, 6.07) is 28.7. The summed E-state index contributed by atoms with van der Waals surface area (Å²) in [5.74, 6) is -1.40. The number of hydrogen-bond acceptors (Lipinski definition) is 4. The van der Waals surface area contributed by atoms with Gasteiger partial charge in [-0.25, -0.2) is 12.8 Å². The molecule has 0 saturated heterocycles. The minimum atomic E-state index is -4.17. The number of amides is 2. The average Bonchev–Trinajstić information content (AvgIpc) is 2.99. The normalized spacial score (nSPS) is 12.3. The fraction of sp³-hybridized carbons (Fsp3) is 0.235. The molecule has 0 spiro atoms. The van der Waals surface area contributed by atoms with Gasteiger partial charge in [0.15, 0.2) is 0 Å². The lowest BCUT2D eigenvalue weighted by atomic mass is 10.0. The highest BCUT2D eigenvalue weighted by molar-refractivity contribution is 14.1. The van der Waals surface area contributed by atoms with Crippen molar-refractivity contribution in [1.29, 1.82) is 0 Å². The van der Waals surface area contributed by atoms with Gasteiger partial charge in [0.2, 0.25) is 11.8 Å². The van der Waals surface area contributed by atoms with Gasteiger partial charge in [0.05, 0.1) is 10.6 Å². The molecule has 230 valence electrons. The third-order valence-electron chi connectivity index (χ3n) is 6.76. The van der Waals surface area contributed by atoms with Crippen LogP contribution in [0.1, 0.15) is 31.9 Å². The van der Waals surface area contributed by atoms with Gasteiger partial charge in [-0.05, 0) is 103 Å². The quantitative estimate of drug-likeness (QED) is 0.187. The van der Waals surface area contributed by atoms with E-state index < -0.39 is 39.9 Å². The molecule has 0 aliphatic heterocycles. The van der Waals surface area contributed by atoms with Gasteiger partial charge in [0.25, 0.3) is 10.0 Å². The number of benzene rings is 4. The smallest absolute Gasteiger partial charge is 0.264 e. The minimum Gasteiger partial charge on any atom is -0.350 e. The maximum absolute atomic E-state index is 14.4. The van der Waals surface area contributed by atoms with E-state index >= 15 is 0 Å². The van der Waals surface area contributed by atoms with E-state index in [1.807, 2.05) is 51.1 Å². The summed E-state index contributed by atoms with van der Waals surface area (Å²) in [4.78, 5) is 29.7. The third kappa shape index (κ3) is 8.88. The first-order chi connectivity index (χ1) is 20.8. The Balaban J connectivity index is 1.80. The Labute approximate surface area is 272 Å². The molecule has 10 heteroatoms. The lowest BCUT2D eigenvalue weighted by Crippen LogP contribution is -2.56. The molecule has 0 aliphatic rings. The van der Waals surface area contributed by atoms with Crippen molar-refractivity contribution in [3.8, 4) is 0 Å². The van der Waals surface area contributed by atoms with E-state index in [9.17, 15) is 22.4 Å². The van der Waals surface area contributed by atoms with E-state index in [0.29, 0.717) is 11.3 Å². The van der Waals surface area contributed by atoms with Crippen LogP contribution in [0.5, 0.6) is 0 Å². The molecule has 7 nitrogen and oxygen atoms in total. The zero-order valence-electron chi connectivity index (χ0n) is 24.8. The molecule has 4 aromatic carbocycles. The zero-order chi connectivity index (χ0) is 31.9. The number of rotatable bonds is 11. The largest absolute Gasteiger partial charge is 0.350 e. The summed E-state index contributed by atoms with van der Waals surface area (Å²) < 4.78 is 43.7. The fourth-order valence-electron chi connectivity index (χ4n) is 4.65.